The molecule has 0 bridgehead atoms. The van der Waals surface area contributed by atoms with Gasteiger partial charge in [0.25, 0.3) is 0 Å². The number of carbonyl (C=O) groups is 1. The van der Waals surface area contributed by atoms with E-state index in [2.05, 4.69) is 6.07 Å². The van der Waals surface area contributed by atoms with Gasteiger partial charge in [0.1, 0.15) is 5.75 Å². The number of alkyl halides is 2. The van der Waals surface area contributed by atoms with Crippen molar-refractivity contribution < 1.29 is 14.6 Å². The number of aliphatic hydroxyl groups excluding tert-OH is 1. The molecule has 0 saturated heterocycles. The number of hydrogen-bond donors (Lipinski definition) is 2. The maximum absolute atomic E-state index is 12.5. The summed E-state index contributed by atoms with van der Waals surface area (Å²) in [5, 5.41) is 18.6. The van der Waals surface area contributed by atoms with Crippen molar-refractivity contribution in [1.82, 2.24) is 4.90 Å². The Balaban J connectivity index is 1.51. The Labute approximate surface area is 188 Å². The highest BCUT2D eigenvalue weighted by atomic mass is 35.5. The normalized spacial score (nSPS) is 32.0. The van der Waals surface area contributed by atoms with Crippen LogP contribution in [0, 0.1) is 22.7 Å². The predicted octanol–water partition coefficient (Wildman–Crippen LogP) is 4.81. The minimum atomic E-state index is -0.418. The van der Waals surface area contributed by atoms with Crippen LogP contribution >= 0.6 is 23.2 Å². The minimum Gasteiger partial charge on any atom is -0.410 e. The van der Waals surface area contributed by atoms with Crippen LogP contribution in [0.1, 0.15) is 49.1 Å². The Hall–Kier alpha value is -1.30. The smallest absolute Gasteiger partial charge is 0.410 e. The van der Waals surface area contributed by atoms with E-state index in [1.165, 1.54) is 16.0 Å². The van der Waals surface area contributed by atoms with Crippen molar-refractivity contribution in [2.45, 2.75) is 50.5 Å². The molecule has 0 spiro atoms. The van der Waals surface area contributed by atoms with E-state index in [4.69, 9.17) is 33.3 Å². The molecule has 5 nitrogen and oxygen atoms in total. The molecule has 0 heterocycles. The van der Waals surface area contributed by atoms with Crippen LogP contribution in [0.3, 0.4) is 0 Å². The van der Waals surface area contributed by atoms with Crippen LogP contribution in [0.4, 0.5) is 4.79 Å². The molecule has 1 aromatic carbocycles. The summed E-state index contributed by atoms with van der Waals surface area (Å²) in [6.45, 7) is 0.813. The lowest BCUT2D eigenvalue weighted by molar-refractivity contribution is 0.0175. The molecule has 5 atom stereocenters. The van der Waals surface area contributed by atoms with Gasteiger partial charge in [-0.1, -0.05) is 6.07 Å². The van der Waals surface area contributed by atoms with Gasteiger partial charge in [0.05, 0.1) is 6.10 Å². The third-order valence-corrected chi connectivity index (χ3v) is 8.02. The first-order valence-electron chi connectivity index (χ1n) is 10.9. The van der Waals surface area contributed by atoms with Crippen molar-refractivity contribution in [1.29, 1.82) is 5.41 Å². The van der Waals surface area contributed by atoms with Gasteiger partial charge in [0.15, 0.2) is 0 Å². The van der Waals surface area contributed by atoms with Crippen molar-refractivity contribution in [3.8, 4) is 5.75 Å². The topological polar surface area (TPSA) is 73.6 Å². The fraction of sp³-hybridized carbons (Fsp3) is 0.652. The molecule has 3 aliphatic carbocycles. The molecular formula is C23H30Cl2N2O3. The van der Waals surface area contributed by atoms with Gasteiger partial charge < -0.3 is 20.2 Å². The summed E-state index contributed by atoms with van der Waals surface area (Å²) in [5.74, 6) is 2.62. The molecule has 30 heavy (non-hydrogen) atoms. The van der Waals surface area contributed by atoms with E-state index >= 15 is 0 Å². The first-order chi connectivity index (χ1) is 14.5. The molecular weight excluding hydrogens is 423 g/mol. The summed E-state index contributed by atoms with van der Waals surface area (Å²) in [7, 11) is 0. The van der Waals surface area contributed by atoms with Crippen molar-refractivity contribution in [3.63, 3.8) is 0 Å². The summed E-state index contributed by atoms with van der Waals surface area (Å²) in [4.78, 5) is 14.0. The number of ether oxygens (including phenoxy) is 1. The predicted molar refractivity (Wildman–Crippen MR) is 119 cm³/mol. The maximum Gasteiger partial charge on any atom is 0.415 e. The van der Waals surface area contributed by atoms with Crippen LogP contribution < -0.4 is 4.74 Å². The van der Waals surface area contributed by atoms with Gasteiger partial charge >= 0.3 is 6.09 Å². The number of benzene rings is 1. The molecule has 2 N–H and O–H groups in total. The average Bonchev–Trinajstić information content (AvgIpc) is 3.10. The summed E-state index contributed by atoms with van der Waals surface area (Å²) >= 11 is 11.6. The largest absolute Gasteiger partial charge is 0.415 e. The molecule has 164 valence electrons. The number of carbonyl (C=O) groups excluding carboxylic acids is 1. The first kappa shape index (κ1) is 21.9. The van der Waals surface area contributed by atoms with E-state index < -0.39 is 6.09 Å². The summed E-state index contributed by atoms with van der Waals surface area (Å²) < 4.78 is 5.61. The average molecular weight is 453 g/mol. The van der Waals surface area contributed by atoms with E-state index in [1.54, 1.807) is 6.21 Å². The van der Waals surface area contributed by atoms with Crippen LogP contribution in [0.2, 0.25) is 0 Å². The maximum atomic E-state index is 12.5. The fourth-order valence-corrected chi connectivity index (χ4v) is 6.67. The second-order valence-corrected chi connectivity index (χ2v) is 9.65. The standard InChI is InChI=1S/C23H30Cl2N2O3/c24-9-11-27(12-10-25)22(29)30-16-2-4-17-15(13-16)1-3-19-18(17)7-8-23(14-26)20(19)5-6-21(23)28/h2,4,13-14,18-21,26,28H,1,3,5-12H2/t18-,19-,20+,21+,23-/m0/s1. The monoisotopic (exact) mass is 452 g/mol. The number of aryl methyl sites for hydroxylation is 1. The van der Waals surface area contributed by atoms with Gasteiger partial charge in [0.2, 0.25) is 0 Å². The van der Waals surface area contributed by atoms with Crippen LogP contribution in [-0.4, -0.2) is 53.3 Å². The molecule has 0 aromatic heterocycles. The molecule has 7 heteroatoms. The van der Waals surface area contributed by atoms with Gasteiger partial charge in [-0.3, -0.25) is 0 Å². The molecule has 1 aromatic rings. The molecule has 2 fully saturated rings. The van der Waals surface area contributed by atoms with Gasteiger partial charge in [0, 0.05) is 36.5 Å². The Kier molecular flexibility index (Phi) is 6.61. The fourth-order valence-electron chi connectivity index (χ4n) is 6.26. The summed E-state index contributed by atoms with van der Waals surface area (Å²) in [5.41, 5.74) is 2.29. The minimum absolute atomic E-state index is 0.317. The number of nitrogens with one attached hydrogen (secondary N) is 1. The Bertz CT molecular complexity index is 799. The lowest BCUT2D eigenvalue weighted by atomic mass is 9.55. The van der Waals surface area contributed by atoms with Gasteiger partial charge in [-0.05, 0) is 79.5 Å². The first-order valence-corrected chi connectivity index (χ1v) is 12.0. The highest BCUT2D eigenvalue weighted by Crippen LogP contribution is 2.60. The van der Waals surface area contributed by atoms with Gasteiger partial charge in [-0.2, -0.15) is 0 Å². The zero-order valence-corrected chi connectivity index (χ0v) is 18.7. The molecule has 0 unspecified atom stereocenters. The Morgan fingerprint density at radius 3 is 2.70 bits per heavy atom. The molecule has 4 rings (SSSR count). The zero-order chi connectivity index (χ0) is 21.3. The van der Waals surface area contributed by atoms with Gasteiger partial charge in [-0.15, -0.1) is 23.2 Å². The number of halogens is 2. The van der Waals surface area contributed by atoms with Crippen LogP contribution in [0.15, 0.2) is 18.2 Å². The molecule has 3 aliphatic rings. The number of hydrogen-bond acceptors (Lipinski definition) is 4. The van der Waals surface area contributed by atoms with E-state index in [-0.39, 0.29) is 11.5 Å². The third kappa shape index (κ3) is 3.74. The van der Waals surface area contributed by atoms with E-state index in [1.807, 2.05) is 12.1 Å². The quantitative estimate of drug-likeness (QED) is 0.480. The number of rotatable bonds is 6. The zero-order valence-electron chi connectivity index (χ0n) is 17.2. The Morgan fingerprint density at radius 2 is 2.00 bits per heavy atom. The SMILES string of the molecule is N=C[C@@]12CC[C@H]3c4ccc(OC(=O)N(CCCl)CCCl)cc4CC[C@@H]3[C@H]1CC[C@H]2O. The summed E-state index contributed by atoms with van der Waals surface area (Å²) in [6, 6.07) is 6.01. The van der Waals surface area contributed by atoms with E-state index in [0.717, 1.165) is 38.5 Å². The van der Waals surface area contributed by atoms with E-state index in [0.29, 0.717) is 48.4 Å². The van der Waals surface area contributed by atoms with Gasteiger partial charge in [-0.25, -0.2) is 4.79 Å². The highest BCUT2D eigenvalue weighted by Gasteiger charge is 2.56. The van der Waals surface area contributed by atoms with E-state index in [9.17, 15) is 9.90 Å². The van der Waals surface area contributed by atoms with Crippen LogP contribution in [-0.2, 0) is 6.42 Å². The van der Waals surface area contributed by atoms with Crippen LogP contribution in [0.5, 0.6) is 5.75 Å². The number of nitrogens with zero attached hydrogens (tertiary/aromatic N) is 1. The molecule has 0 aliphatic heterocycles. The number of aliphatic hydroxyl groups is 1. The number of amides is 1. The third-order valence-electron chi connectivity index (χ3n) is 7.69. The highest BCUT2D eigenvalue weighted by molar-refractivity contribution is 6.18. The Morgan fingerprint density at radius 1 is 1.23 bits per heavy atom. The van der Waals surface area contributed by atoms with Crippen LogP contribution in [0.25, 0.3) is 0 Å². The second-order valence-electron chi connectivity index (χ2n) is 8.90. The van der Waals surface area contributed by atoms with Crippen molar-refractivity contribution in [2.24, 2.45) is 17.3 Å². The lowest BCUT2D eigenvalue weighted by Gasteiger charge is -2.49. The summed E-state index contributed by atoms with van der Waals surface area (Å²) in [6.07, 6.45) is 6.47. The molecule has 1 amide bonds. The molecule has 2 saturated carbocycles. The van der Waals surface area contributed by atoms with Crippen molar-refractivity contribution in [2.75, 3.05) is 24.8 Å². The number of fused-ring (bicyclic) bond motifs is 5. The van der Waals surface area contributed by atoms with Crippen molar-refractivity contribution in [3.05, 3.63) is 29.3 Å². The lowest BCUT2D eigenvalue weighted by Crippen LogP contribution is -2.46. The molecule has 0 radical (unpaired) electrons. The second kappa shape index (κ2) is 9.05. The van der Waals surface area contributed by atoms with Crippen molar-refractivity contribution >= 4 is 35.5 Å².